The number of nitrogens with one attached hydrogen (secondary N) is 1. The maximum atomic E-state index is 11.7. The van der Waals surface area contributed by atoms with Crippen LogP contribution in [0.1, 0.15) is 26.2 Å². The second-order valence-electron chi connectivity index (χ2n) is 3.86. The van der Waals surface area contributed by atoms with E-state index in [0.717, 1.165) is 4.31 Å². The fraction of sp³-hybridized carbons (Fsp3) is 0.889. The summed E-state index contributed by atoms with van der Waals surface area (Å²) in [6.07, 6.45) is 0.813. The van der Waals surface area contributed by atoms with Crippen LogP contribution in [-0.4, -0.2) is 55.1 Å². The van der Waals surface area contributed by atoms with Crippen LogP contribution < -0.4 is 4.72 Å². The minimum Gasteiger partial charge on any atom is -0.481 e. The second kappa shape index (κ2) is 7.59. The Morgan fingerprint density at radius 2 is 2.06 bits per heavy atom. The maximum Gasteiger partial charge on any atom is 0.304 e. The Hall–Kier alpha value is -0.700. The quantitative estimate of drug-likeness (QED) is 0.517. The molecule has 0 bridgehead atoms. The number of carbonyl (C=O) groups is 1. The van der Waals surface area contributed by atoms with E-state index in [-0.39, 0.29) is 25.6 Å². The summed E-state index contributed by atoms with van der Waals surface area (Å²) in [5.41, 5.74) is 0. The van der Waals surface area contributed by atoms with Crippen LogP contribution in [0.3, 0.4) is 0 Å². The third-order valence-electron chi connectivity index (χ3n) is 2.20. The summed E-state index contributed by atoms with van der Waals surface area (Å²) >= 11 is 0. The van der Waals surface area contributed by atoms with Gasteiger partial charge >= 0.3 is 5.97 Å². The summed E-state index contributed by atoms with van der Waals surface area (Å²) < 4.78 is 26.7. The van der Waals surface area contributed by atoms with Gasteiger partial charge in [0.1, 0.15) is 0 Å². The first kappa shape index (κ1) is 16.3. The lowest BCUT2D eigenvalue weighted by Crippen LogP contribution is -2.43. The van der Waals surface area contributed by atoms with Crippen molar-refractivity contribution in [3.8, 4) is 0 Å². The van der Waals surface area contributed by atoms with E-state index in [2.05, 4.69) is 4.72 Å². The Morgan fingerprint density at radius 3 is 2.53 bits per heavy atom. The van der Waals surface area contributed by atoms with Crippen molar-refractivity contribution in [1.29, 1.82) is 0 Å². The van der Waals surface area contributed by atoms with E-state index >= 15 is 0 Å². The molecule has 1 atom stereocenters. The van der Waals surface area contributed by atoms with Crippen molar-refractivity contribution in [2.45, 2.75) is 32.2 Å². The van der Waals surface area contributed by atoms with Crippen LogP contribution in [0.15, 0.2) is 0 Å². The van der Waals surface area contributed by atoms with Gasteiger partial charge in [0.25, 0.3) is 10.2 Å². The third kappa shape index (κ3) is 7.27. The van der Waals surface area contributed by atoms with E-state index in [1.54, 1.807) is 6.92 Å². The molecule has 0 rings (SSSR count). The van der Waals surface area contributed by atoms with Gasteiger partial charge in [-0.2, -0.15) is 17.4 Å². The van der Waals surface area contributed by atoms with Crippen molar-refractivity contribution < 1.29 is 23.4 Å². The number of aliphatic hydroxyl groups is 1. The molecule has 8 heteroatoms. The lowest BCUT2D eigenvalue weighted by molar-refractivity contribution is -0.137. The van der Waals surface area contributed by atoms with Crippen LogP contribution in [0.4, 0.5) is 0 Å². The first-order valence-electron chi connectivity index (χ1n) is 5.36. The zero-order valence-electron chi connectivity index (χ0n) is 10.1. The Morgan fingerprint density at radius 1 is 1.47 bits per heavy atom. The van der Waals surface area contributed by atoms with Crippen molar-refractivity contribution in [3.63, 3.8) is 0 Å². The molecule has 0 aromatic rings. The van der Waals surface area contributed by atoms with E-state index in [1.165, 1.54) is 7.05 Å². The smallest absolute Gasteiger partial charge is 0.304 e. The van der Waals surface area contributed by atoms with Gasteiger partial charge in [0.05, 0.1) is 6.42 Å². The lowest BCUT2D eigenvalue weighted by atomic mass is 10.2. The molecule has 0 radical (unpaired) electrons. The predicted octanol–water partition coefficient (Wildman–Crippen LogP) is -0.612. The number of hydrogen-bond acceptors (Lipinski definition) is 4. The Bertz CT molecular complexity index is 330. The predicted molar refractivity (Wildman–Crippen MR) is 62.7 cm³/mol. The summed E-state index contributed by atoms with van der Waals surface area (Å²) in [5.74, 6) is -1.04. The van der Waals surface area contributed by atoms with Gasteiger partial charge in [0.2, 0.25) is 0 Å². The summed E-state index contributed by atoms with van der Waals surface area (Å²) in [7, 11) is -2.32. The molecule has 0 saturated carbocycles. The van der Waals surface area contributed by atoms with Crippen LogP contribution in [0.25, 0.3) is 0 Å². The molecule has 3 N–H and O–H groups in total. The van der Waals surface area contributed by atoms with Gasteiger partial charge in [-0.05, 0) is 19.8 Å². The van der Waals surface area contributed by atoms with E-state index < -0.39 is 16.2 Å². The van der Waals surface area contributed by atoms with Gasteiger partial charge in [-0.1, -0.05) is 0 Å². The van der Waals surface area contributed by atoms with Gasteiger partial charge in [-0.15, -0.1) is 0 Å². The van der Waals surface area contributed by atoms with Gasteiger partial charge < -0.3 is 10.2 Å². The van der Waals surface area contributed by atoms with Crippen molar-refractivity contribution in [1.82, 2.24) is 9.03 Å². The molecular formula is C9H20N2O5S. The largest absolute Gasteiger partial charge is 0.481 e. The number of carboxylic acid groups (broad SMARTS) is 1. The molecule has 0 amide bonds. The zero-order valence-corrected chi connectivity index (χ0v) is 10.9. The average Bonchev–Trinajstić information content (AvgIpc) is 2.22. The molecular weight excluding hydrogens is 248 g/mol. The summed E-state index contributed by atoms with van der Waals surface area (Å²) in [5, 5.41) is 17.1. The molecule has 0 aliphatic heterocycles. The number of hydrogen-bond donors (Lipinski definition) is 3. The molecule has 0 heterocycles. The molecule has 17 heavy (non-hydrogen) atoms. The molecule has 0 aliphatic rings. The van der Waals surface area contributed by atoms with E-state index in [4.69, 9.17) is 10.2 Å². The van der Waals surface area contributed by atoms with Crippen molar-refractivity contribution >= 4 is 16.2 Å². The fourth-order valence-corrected chi connectivity index (χ4v) is 2.31. The molecule has 0 aliphatic carbocycles. The second-order valence-corrected chi connectivity index (χ2v) is 5.66. The van der Waals surface area contributed by atoms with Gasteiger partial charge in [0.15, 0.2) is 0 Å². The molecule has 7 nitrogen and oxygen atoms in total. The summed E-state index contributed by atoms with van der Waals surface area (Å²) in [4.78, 5) is 10.3. The normalized spacial score (nSPS) is 13.9. The molecule has 0 saturated heterocycles. The SMILES string of the molecule is CC(CCCO)NS(=O)(=O)N(C)CCC(=O)O. The van der Waals surface area contributed by atoms with E-state index in [1.807, 2.05) is 0 Å². The first-order valence-corrected chi connectivity index (χ1v) is 6.80. The third-order valence-corrected chi connectivity index (χ3v) is 3.90. The molecule has 0 spiro atoms. The monoisotopic (exact) mass is 268 g/mol. The number of aliphatic hydroxyl groups excluding tert-OH is 1. The average molecular weight is 268 g/mol. The van der Waals surface area contributed by atoms with Crippen LogP contribution in [0, 0.1) is 0 Å². The van der Waals surface area contributed by atoms with Crippen molar-refractivity contribution in [2.75, 3.05) is 20.2 Å². The number of aliphatic carboxylic acids is 1. The highest BCUT2D eigenvalue weighted by Crippen LogP contribution is 2.02. The molecule has 0 aromatic carbocycles. The number of nitrogens with zero attached hydrogens (tertiary/aromatic N) is 1. The fourth-order valence-electron chi connectivity index (χ4n) is 1.17. The Balaban J connectivity index is 4.21. The van der Waals surface area contributed by atoms with Crippen LogP contribution in [0.5, 0.6) is 0 Å². The number of rotatable bonds is 9. The highest BCUT2D eigenvalue weighted by Gasteiger charge is 2.20. The standard InChI is InChI=1S/C9H20N2O5S/c1-8(4-3-7-12)10-17(15,16)11(2)6-5-9(13)14/h8,10,12H,3-7H2,1-2H3,(H,13,14). The Labute approximate surface area is 102 Å². The highest BCUT2D eigenvalue weighted by atomic mass is 32.2. The number of carboxylic acids is 1. The van der Waals surface area contributed by atoms with Crippen molar-refractivity contribution in [2.24, 2.45) is 0 Å². The molecule has 0 aromatic heterocycles. The zero-order chi connectivity index (χ0) is 13.5. The summed E-state index contributed by atoms with van der Waals surface area (Å²) in [6, 6.07) is -0.292. The summed E-state index contributed by atoms with van der Waals surface area (Å²) in [6.45, 7) is 1.64. The minimum atomic E-state index is -3.65. The van der Waals surface area contributed by atoms with E-state index in [0.29, 0.717) is 12.8 Å². The minimum absolute atomic E-state index is 0.0148. The maximum absolute atomic E-state index is 11.7. The van der Waals surface area contributed by atoms with Gasteiger partial charge in [0, 0.05) is 26.2 Å². The van der Waals surface area contributed by atoms with Gasteiger partial charge in [-0.25, -0.2) is 0 Å². The molecule has 0 fully saturated rings. The lowest BCUT2D eigenvalue weighted by Gasteiger charge is -2.20. The molecule has 102 valence electrons. The first-order chi connectivity index (χ1) is 7.79. The topological polar surface area (TPSA) is 107 Å². The Kier molecular flexibility index (Phi) is 7.28. The van der Waals surface area contributed by atoms with Crippen LogP contribution in [0.2, 0.25) is 0 Å². The molecule has 1 unspecified atom stereocenters. The van der Waals surface area contributed by atoms with Gasteiger partial charge in [-0.3, -0.25) is 4.79 Å². The van der Waals surface area contributed by atoms with Crippen LogP contribution >= 0.6 is 0 Å². The van der Waals surface area contributed by atoms with E-state index in [9.17, 15) is 13.2 Å². The van der Waals surface area contributed by atoms with Crippen molar-refractivity contribution in [3.05, 3.63) is 0 Å². The highest BCUT2D eigenvalue weighted by molar-refractivity contribution is 7.87. The van der Waals surface area contributed by atoms with Crippen LogP contribution in [-0.2, 0) is 15.0 Å².